The van der Waals surface area contributed by atoms with E-state index in [-0.39, 0.29) is 6.10 Å². The molecule has 0 aromatic carbocycles. The molecule has 2 fully saturated rings. The smallest absolute Gasteiger partial charge is 0.168 e. The lowest BCUT2D eigenvalue weighted by Gasteiger charge is -2.39. The van der Waals surface area contributed by atoms with Crippen LogP contribution in [0.25, 0.3) is 0 Å². The first kappa shape index (κ1) is 17.8. The zero-order valence-electron chi connectivity index (χ0n) is 15.4. The van der Waals surface area contributed by atoms with Crippen molar-refractivity contribution in [1.82, 2.24) is 30.0 Å². The molecule has 0 aliphatic carbocycles. The molecular weight excluding hydrogens is 304 g/mol. The largest absolute Gasteiger partial charge is 0.376 e. The predicted molar refractivity (Wildman–Crippen MR) is 92.7 cm³/mol. The summed E-state index contributed by atoms with van der Waals surface area (Å²) >= 11 is 0. The normalized spacial score (nSPS) is 24.8. The van der Waals surface area contributed by atoms with Gasteiger partial charge in [0.2, 0.25) is 0 Å². The number of aromatic nitrogens is 4. The fourth-order valence-electron chi connectivity index (χ4n) is 3.82. The van der Waals surface area contributed by atoms with Gasteiger partial charge in [-0.05, 0) is 42.2 Å². The van der Waals surface area contributed by atoms with Crippen LogP contribution in [0.2, 0.25) is 0 Å². The number of piperazine rings is 1. The van der Waals surface area contributed by atoms with E-state index in [9.17, 15) is 0 Å². The van der Waals surface area contributed by atoms with E-state index in [0.717, 1.165) is 71.0 Å². The second-order valence-corrected chi connectivity index (χ2v) is 7.47. The van der Waals surface area contributed by atoms with Gasteiger partial charge in [0.25, 0.3) is 0 Å². The van der Waals surface area contributed by atoms with E-state index in [1.54, 1.807) is 0 Å². The molecule has 1 aromatic rings. The molecule has 1 aromatic heterocycles. The maximum Gasteiger partial charge on any atom is 0.168 e. The van der Waals surface area contributed by atoms with Gasteiger partial charge in [-0.25, -0.2) is 4.68 Å². The minimum absolute atomic E-state index is 0.267. The third kappa shape index (κ3) is 4.32. The summed E-state index contributed by atoms with van der Waals surface area (Å²) in [4.78, 5) is 5.09. The number of ether oxygens (including phenoxy) is 1. The van der Waals surface area contributed by atoms with Gasteiger partial charge in [0.1, 0.15) is 0 Å². The molecule has 0 N–H and O–H groups in total. The fraction of sp³-hybridized carbons (Fsp3) is 0.941. The van der Waals surface area contributed by atoms with Crippen LogP contribution in [-0.4, -0.2) is 75.4 Å². The lowest BCUT2D eigenvalue weighted by molar-refractivity contribution is 0.0738. The highest BCUT2D eigenvalue weighted by molar-refractivity contribution is 4.96. The van der Waals surface area contributed by atoms with Crippen LogP contribution < -0.4 is 0 Å². The van der Waals surface area contributed by atoms with Crippen LogP contribution in [-0.2, 0) is 11.3 Å². The van der Waals surface area contributed by atoms with Crippen LogP contribution in [0.3, 0.4) is 0 Å². The third-order valence-corrected chi connectivity index (χ3v) is 5.25. The quantitative estimate of drug-likeness (QED) is 0.753. The summed E-state index contributed by atoms with van der Waals surface area (Å²) in [5.41, 5.74) is 0. The average Bonchev–Trinajstić information content (AvgIpc) is 3.25. The van der Waals surface area contributed by atoms with Crippen molar-refractivity contribution < 1.29 is 4.74 Å². The van der Waals surface area contributed by atoms with Gasteiger partial charge >= 0.3 is 0 Å². The molecule has 7 heteroatoms. The van der Waals surface area contributed by atoms with Crippen molar-refractivity contribution in [3.05, 3.63) is 5.82 Å². The van der Waals surface area contributed by atoms with Crippen molar-refractivity contribution in [2.75, 3.05) is 39.3 Å². The number of likely N-dealkylation sites (N-methyl/N-ethyl adjacent to an activating group) is 1. The lowest BCUT2D eigenvalue weighted by atomic mass is 10.0. The van der Waals surface area contributed by atoms with Gasteiger partial charge in [-0.15, -0.1) is 5.10 Å². The van der Waals surface area contributed by atoms with Crippen molar-refractivity contribution in [3.63, 3.8) is 0 Å². The standard InChI is InChI=1S/C17H32N6O/c1-4-21-7-9-22(10-8-21)16(12-14(2)3)17-18-19-20-23(17)13-15-6-5-11-24-15/h14-16H,4-13H2,1-3H3/t15-,16+/m0/s1. The number of rotatable bonds is 7. The van der Waals surface area contributed by atoms with Gasteiger partial charge in [-0.1, -0.05) is 20.8 Å². The molecule has 2 atom stereocenters. The molecule has 0 saturated carbocycles. The molecule has 24 heavy (non-hydrogen) atoms. The summed E-state index contributed by atoms with van der Waals surface area (Å²) in [6.45, 7) is 14.1. The van der Waals surface area contributed by atoms with E-state index in [0.29, 0.717) is 12.0 Å². The first-order valence-electron chi connectivity index (χ1n) is 9.51. The van der Waals surface area contributed by atoms with Gasteiger partial charge in [0.15, 0.2) is 5.82 Å². The Morgan fingerprint density at radius 3 is 2.62 bits per heavy atom. The Morgan fingerprint density at radius 1 is 1.21 bits per heavy atom. The minimum atomic E-state index is 0.267. The van der Waals surface area contributed by atoms with E-state index in [1.165, 1.54) is 0 Å². The molecule has 2 aliphatic rings. The summed E-state index contributed by atoms with van der Waals surface area (Å²) in [7, 11) is 0. The van der Waals surface area contributed by atoms with Crippen LogP contribution in [0.5, 0.6) is 0 Å². The zero-order valence-corrected chi connectivity index (χ0v) is 15.4. The highest BCUT2D eigenvalue weighted by Crippen LogP contribution is 2.28. The summed E-state index contributed by atoms with van der Waals surface area (Å²) in [6.07, 6.45) is 3.63. The molecule has 0 unspecified atom stereocenters. The van der Waals surface area contributed by atoms with Gasteiger partial charge in [-0.3, -0.25) is 4.90 Å². The fourth-order valence-corrected chi connectivity index (χ4v) is 3.82. The maximum atomic E-state index is 5.78. The van der Waals surface area contributed by atoms with E-state index >= 15 is 0 Å². The Hall–Kier alpha value is -1.05. The van der Waals surface area contributed by atoms with Crippen LogP contribution >= 0.6 is 0 Å². The SMILES string of the molecule is CCN1CCN([C@H](CC(C)C)c2nnnn2C[C@@H]2CCCO2)CC1. The van der Waals surface area contributed by atoms with Crippen molar-refractivity contribution in [2.24, 2.45) is 5.92 Å². The highest BCUT2D eigenvalue weighted by Gasteiger charge is 2.30. The Kier molecular flexibility index (Phi) is 6.19. The van der Waals surface area contributed by atoms with Gasteiger partial charge < -0.3 is 9.64 Å². The van der Waals surface area contributed by atoms with Crippen molar-refractivity contribution in [2.45, 2.75) is 58.7 Å². The van der Waals surface area contributed by atoms with Crippen molar-refractivity contribution in [3.8, 4) is 0 Å². The second kappa shape index (κ2) is 8.36. The van der Waals surface area contributed by atoms with Gasteiger partial charge in [-0.2, -0.15) is 0 Å². The molecule has 0 bridgehead atoms. The van der Waals surface area contributed by atoms with Crippen LogP contribution in [0.1, 0.15) is 51.9 Å². The number of hydrogen-bond acceptors (Lipinski definition) is 6. The van der Waals surface area contributed by atoms with E-state index in [2.05, 4.69) is 46.1 Å². The Labute approximate surface area is 145 Å². The Bertz CT molecular complexity index is 491. The zero-order chi connectivity index (χ0) is 16.9. The van der Waals surface area contributed by atoms with Crippen LogP contribution in [0, 0.1) is 5.92 Å². The number of tetrazole rings is 1. The van der Waals surface area contributed by atoms with E-state index in [4.69, 9.17) is 4.74 Å². The molecular formula is C17H32N6O. The minimum Gasteiger partial charge on any atom is -0.376 e. The molecule has 2 aliphatic heterocycles. The van der Waals surface area contributed by atoms with Gasteiger partial charge in [0.05, 0.1) is 18.7 Å². The average molecular weight is 336 g/mol. The highest BCUT2D eigenvalue weighted by atomic mass is 16.5. The molecule has 0 amide bonds. The van der Waals surface area contributed by atoms with Crippen molar-refractivity contribution >= 4 is 0 Å². The Morgan fingerprint density at radius 2 is 2.00 bits per heavy atom. The summed E-state index contributed by atoms with van der Waals surface area (Å²) in [6, 6.07) is 0.306. The van der Waals surface area contributed by atoms with E-state index < -0.39 is 0 Å². The lowest BCUT2D eigenvalue weighted by Crippen LogP contribution is -2.48. The first-order chi connectivity index (χ1) is 11.7. The monoisotopic (exact) mass is 336 g/mol. The third-order valence-electron chi connectivity index (χ3n) is 5.25. The molecule has 0 radical (unpaired) electrons. The predicted octanol–water partition coefficient (Wildman–Crippen LogP) is 1.58. The van der Waals surface area contributed by atoms with E-state index in [1.807, 2.05) is 4.68 Å². The first-order valence-corrected chi connectivity index (χ1v) is 9.51. The second-order valence-electron chi connectivity index (χ2n) is 7.47. The van der Waals surface area contributed by atoms with Crippen molar-refractivity contribution in [1.29, 1.82) is 0 Å². The summed E-state index contributed by atoms with van der Waals surface area (Å²) in [5, 5.41) is 12.7. The molecule has 3 rings (SSSR count). The Balaban J connectivity index is 1.72. The molecule has 0 spiro atoms. The topological polar surface area (TPSA) is 59.3 Å². The van der Waals surface area contributed by atoms with Crippen LogP contribution in [0.15, 0.2) is 0 Å². The molecule has 7 nitrogen and oxygen atoms in total. The summed E-state index contributed by atoms with van der Waals surface area (Å²) < 4.78 is 7.77. The number of nitrogens with zero attached hydrogens (tertiary/aromatic N) is 6. The van der Waals surface area contributed by atoms with Gasteiger partial charge in [0, 0.05) is 32.8 Å². The molecule has 136 valence electrons. The van der Waals surface area contributed by atoms with Crippen LogP contribution in [0.4, 0.5) is 0 Å². The molecule has 2 saturated heterocycles. The molecule has 3 heterocycles. The maximum absolute atomic E-state index is 5.78. The summed E-state index contributed by atoms with van der Waals surface area (Å²) in [5.74, 6) is 1.64. The number of hydrogen-bond donors (Lipinski definition) is 0.